The van der Waals surface area contributed by atoms with Crippen molar-refractivity contribution in [2.24, 2.45) is 4.99 Å². The van der Waals surface area contributed by atoms with Crippen LogP contribution < -0.4 is 19.6 Å². The molecule has 1 atom stereocenters. The molecule has 0 unspecified atom stereocenters. The van der Waals surface area contributed by atoms with Gasteiger partial charge in [-0.2, -0.15) is 0 Å². The van der Waals surface area contributed by atoms with Gasteiger partial charge < -0.3 is 9.47 Å². The summed E-state index contributed by atoms with van der Waals surface area (Å²) < 4.78 is 28.6. The van der Waals surface area contributed by atoms with Gasteiger partial charge >= 0.3 is 5.97 Å². The van der Waals surface area contributed by atoms with Crippen molar-refractivity contribution in [3.63, 3.8) is 0 Å². The van der Waals surface area contributed by atoms with E-state index in [1.165, 1.54) is 28.0 Å². The molecule has 0 N–H and O–H groups in total. The zero-order chi connectivity index (χ0) is 27.7. The van der Waals surface area contributed by atoms with Gasteiger partial charge in [0, 0.05) is 5.56 Å². The molecule has 198 valence electrons. The Morgan fingerprint density at radius 3 is 2.38 bits per heavy atom. The third kappa shape index (κ3) is 5.46. The minimum Gasteiger partial charge on any atom is -0.495 e. The molecule has 0 aliphatic carbocycles. The highest BCUT2D eigenvalue weighted by atomic mass is 127. The molecule has 4 aromatic rings. The topological polar surface area (TPSA) is 69.9 Å². The number of benzene rings is 3. The van der Waals surface area contributed by atoms with E-state index in [9.17, 15) is 14.0 Å². The molecule has 0 spiro atoms. The summed E-state index contributed by atoms with van der Waals surface area (Å²) in [4.78, 5) is 32.6. The molecular formula is C29H21FI2N2O4S. The fourth-order valence-corrected chi connectivity index (χ4v) is 7.67. The standard InChI is InChI=1S/C29H21FI2N2O4S/c1-3-38-28(36)23-24(17-7-5-4-6-8-17)33-29-34(25(23)18-9-11-19(30)12-10-18)27(35)22(39-29)15-16-13-20(31)26(37-2)21(32)14-16/h4-15,25H,3H2,1-2H3/b22-15-/t25-/m1/s1. The number of carbonyl (C=O) groups is 1. The lowest BCUT2D eigenvalue weighted by Gasteiger charge is -2.25. The second-order valence-corrected chi connectivity index (χ2v) is 11.8. The van der Waals surface area contributed by atoms with Gasteiger partial charge in [0.2, 0.25) is 0 Å². The van der Waals surface area contributed by atoms with Crippen LogP contribution >= 0.6 is 56.5 Å². The van der Waals surface area contributed by atoms with Crippen LogP contribution in [0.4, 0.5) is 4.39 Å². The van der Waals surface area contributed by atoms with Gasteiger partial charge in [-0.05, 0) is 93.6 Å². The van der Waals surface area contributed by atoms with Crippen molar-refractivity contribution >= 4 is 74.3 Å². The number of methoxy groups -OCH3 is 1. The van der Waals surface area contributed by atoms with Crippen LogP contribution in [0.2, 0.25) is 0 Å². The van der Waals surface area contributed by atoms with Gasteiger partial charge in [-0.25, -0.2) is 14.2 Å². The molecule has 1 aliphatic heterocycles. The smallest absolute Gasteiger partial charge is 0.338 e. The number of ether oxygens (including phenoxy) is 2. The molecule has 3 aromatic carbocycles. The highest BCUT2D eigenvalue weighted by molar-refractivity contribution is 14.1. The van der Waals surface area contributed by atoms with Gasteiger partial charge in [0.05, 0.1) is 42.7 Å². The molecule has 0 radical (unpaired) electrons. The second kappa shape index (κ2) is 11.7. The number of carbonyl (C=O) groups excluding carboxylic acids is 1. The lowest BCUT2D eigenvalue weighted by atomic mass is 9.93. The van der Waals surface area contributed by atoms with Crippen molar-refractivity contribution < 1.29 is 18.7 Å². The first-order valence-corrected chi connectivity index (χ1v) is 14.9. The van der Waals surface area contributed by atoms with Crippen LogP contribution in [0.3, 0.4) is 0 Å². The molecule has 0 amide bonds. The summed E-state index contributed by atoms with van der Waals surface area (Å²) in [6.45, 7) is 1.88. The predicted molar refractivity (Wildman–Crippen MR) is 166 cm³/mol. The van der Waals surface area contributed by atoms with Crippen LogP contribution in [0.5, 0.6) is 5.75 Å². The Morgan fingerprint density at radius 2 is 1.77 bits per heavy atom. The molecule has 6 nitrogen and oxygen atoms in total. The Kier molecular flexibility index (Phi) is 8.33. The third-order valence-corrected chi connectivity index (χ3v) is 8.67. The predicted octanol–water partition coefficient (Wildman–Crippen LogP) is 5.29. The Balaban J connectivity index is 1.81. The van der Waals surface area contributed by atoms with E-state index in [-0.39, 0.29) is 17.7 Å². The summed E-state index contributed by atoms with van der Waals surface area (Å²) in [5, 5.41) is 0. The van der Waals surface area contributed by atoms with Gasteiger partial charge in [-0.15, -0.1) is 0 Å². The summed E-state index contributed by atoms with van der Waals surface area (Å²) in [6, 6.07) is 18.1. The number of aromatic nitrogens is 1. The monoisotopic (exact) mass is 766 g/mol. The minimum absolute atomic E-state index is 0.152. The van der Waals surface area contributed by atoms with E-state index in [1.54, 1.807) is 26.2 Å². The second-order valence-electron chi connectivity index (χ2n) is 8.50. The summed E-state index contributed by atoms with van der Waals surface area (Å²) >= 11 is 5.64. The normalized spacial score (nSPS) is 15.1. The van der Waals surface area contributed by atoms with Crippen molar-refractivity contribution in [3.05, 3.63) is 122 Å². The third-order valence-electron chi connectivity index (χ3n) is 6.08. The van der Waals surface area contributed by atoms with Crippen molar-refractivity contribution in [1.29, 1.82) is 0 Å². The number of halogens is 3. The molecule has 0 fully saturated rings. The quantitative estimate of drug-likeness (QED) is 0.198. The van der Waals surface area contributed by atoms with Crippen molar-refractivity contribution in [1.82, 2.24) is 4.57 Å². The Hall–Kier alpha value is -2.84. The number of rotatable bonds is 6. The molecule has 1 aliphatic rings. The number of hydrogen-bond acceptors (Lipinski definition) is 6. The number of nitrogens with zero attached hydrogens (tertiary/aromatic N) is 2. The van der Waals surface area contributed by atoms with Crippen LogP contribution in [-0.2, 0) is 9.53 Å². The van der Waals surface area contributed by atoms with Crippen molar-refractivity contribution in [2.45, 2.75) is 13.0 Å². The van der Waals surface area contributed by atoms with E-state index in [0.717, 1.165) is 18.5 Å². The Bertz CT molecular complexity index is 1760. The molecule has 2 heterocycles. The van der Waals surface area contributed by atoms with E-state index < -0.39 is 17.8 Å². The molecule has 39 heavy (non-hydrogen) atoms. The molecule has 10 heteroatoms. The zero-order valence-electron chi connectivity index (χ0n) is 20.8. The molecule has 0 saturated heterocycles. The fraction of sp³-hybridized carbons (Fsp3) is 0.138. The number of fused-ring (bicyclic) bond motifs is 1. The molecule has 5 rings (SSSR count). The number of esters is 1. The number of thiazole rings is 1. The maximum Gasteiger partial charge on any atom is 0.338 e. The average Bonchev–Trinajstić information content (AvgIpc) is 3.23. The summed E-state index contributed by atoms with van der Waals surface area (Å²) in [7, 11) is 1.62. The van der Waals surface area contributed by atoms with Crippen LogP contribution in [0.1, 0.15) is 29.7 Å². The van der Waals surface area contributed by atoms with Gasteiger partial charge in [0.1, 0.15) is 11.6 Å². The minimum atomic E-state index is -0.852. The average molecular weight is 766 g/mol. The first-order chi connectivity index (χ1) is 18.8. The van der Waals surface area contributed by atoms with E-state index in [2.05, 4.69) is 45.2 Å². The number of hydrogen-bond donors (Lipinski definition) is 0. The van der Waals surface area contributed by atoms with Gasteiger partial charge in [-0.1, -0.05) is 53.8 Å². The lowest BCUT2D eigenvalue weighted by Crippen LogP contribution is -2.40. The Labute approximate surface area is 254 Å². The van der Waals surface area contributed by atoms with E-state index >= 15 is 0 Å². The summed E-state index contributed by atoms with van der Waals surface area (Å²) in [5.41, 5.74) is 2.46. The van der Waals surface area contributed by atoms with Crippen molar-refractivity contribution in [2.75, 3.05) is 13.7 Å². The summed E-state index contributed by atoms with van der Waals surface area (Å²) in [5.74, 6) is -0.222. The fourth-order valence-electron chi connectivity index (χ4n) is 4.41. The van der Waals surface area contributed by atoms with Gasteiger partial charge in [0.15, 0.2) is 4.80 Å². The van der Waals surface area contributed by atoms with Crippen LogP contribution in [0, 0.1) is 13.0 Å². The van der Waals surface area contributed by atoms with Crippen LogP contribution in [0.15, 0.2) is 82.1 Å². The molecule has 0 saturated carbocycles. The van der Waals surface area contributed by atoms with E-state index in [1.807, 2.05) is 48.5 Å². The van der Waals surface area contributed by atoms with Crippen LogP contribution in [-0.4, -0.2) is 24.3 Å². The Morgan fingerprint density at radius 1 is 1.10 bits per heavy atom. The SMILES string of the molecule is CCOC(=O)C1=C(c2ccccc2)N=c2s/c(=C\c3cc(I)c(OC)c(I)c3)c(=O)n2[C@@H]1c1ccc(F)cc1. The zero-order valence-corrected chi connectivity index (χ0v) is 25.9. The van der Waals surface area contributed by atoms with E-state index in [4.69, 9.17) is 14.5 Å². The highest BCUT2D eigenvalue weighted by Gasteiger charge is 2.35. The largest absolute Gasteiger partial charge is 0.495 e. The maximum absolute atomic E-state index is 13.9. The molecule has 1 aromatic heterocycles. The summed E-state index contributed by atoms with van der Waals surface area (Å²) in [6.07, 6.45) is 1.81. The van der Waals surface area contributed by atoms with Gasteiger partial charge in [-0.3, -0.25) is 9.36 Å². The van der Waals surface area contributed by atoms with E-state index in [0.29, 0.717) is 26.2 Å². The maximum atomic E-state index is 13.9. The molecular weight excluding hydrogens is 745 g/mol. The first-order valence-electron chi connectivity index (χ1n) is 11.9. The highest BCUT2D eigenvalue weighted by Crippen LogP contribution is 2.35. The van der Waals surface area contributed by atoms with Crippen molar-refractivity contribution in [3.8, 4) is 5.75 Å². The van der Waals surface area contributed by atoms with Crippen LogP contribution in [0.25, 0.3) is 11.8 Å². The molecule has 0 bridgehead atoms. The van der Waals surface area contributed by atoms with Gasteiger partial charge in [0.25, 0.3) is 5.56 Å². The lowest BCUT2D eigenvalue weighted by molar-refractivity contribution is -0.138. The first kappa shape index (κ1) is 27.7.